The number of ether oxygens (including phenoxy) is 4. The number of fused-ring (bicyclic) bond motifs is 6. The number of rotatable bonds is 6. The van der Waals surface area contributed by atoms with Gasteiger partial charge in [0, 0.05) is 51.2 Å². The molecule has 11 nitrogen and oxygen atoms in total. The molecule has 45 heavy (non-hydrogen) atoms. The SMILES string of the molecule is COCCCN1CC(=O)N[C@H]2CN(C(=O)c3n[nH]c4c3CCCC4)CC[C@H]2OCc2cccc(c2)Oc2cc(ccc2OC)C1. The Hall–Kier alpha value is -3.93. The van der Waals surface area contributed by atoms with E-state index in [4.69, 9.17) is 18.9 Å². The van der Waals surface area contributed by atoms with Crippen molar-refractivity contribution in [2.45, 2.75) is 63.8 Å². The molecule has 240 valence electrons. The van der Waals surface area contributed by atoms with Crippen LogP contribution in [0.3, 0.4) is 0 Å². The predicted octanol–water partition coefficient (Wildman–Crippen LogP) is 3.86. The van der Waals surface area contributed by atoms with Gasteiger partial charge in [0.25, 0.3) is 5.91 Å². The van der Waals surface area contributed by atoms with Crippen LogP contribution in [0.4, 0.5) is 0 Å². The number of aryl methyl sites for hydroxylation is 1. The number of carbonyl (C=O) groups is 2. The highest BCUT2D eigenvalue weighted by Crippen LogP contribution is 2.33. The van der Waals surface area contributed by atoms with Crippen LogP contribution in [0.15, 0.2) is 42.5 Å². The summed E-state index contributed by atoms with van der Waals surface area (Å²) in [5.41, 5.74) is 4.58. The average Bonchev–Trinajstić information content (AvgIpc) is 3.48. The summed E-state index contributed by atoms with van der Waals surface area (Å²) in [5.74, 6) is 1.72. The first kappa shape index (κ1) is 31.1. The molecule has 3 aliphatic rings. The van der Waals surface area contributed by atoms with E-state index in [1.165, 1.54) is 0 Å². The van der Waals surface area contributed by atoms with Crippen LogP contribution < -0.4 is 14.8 Å². The number of nitrogens with zero attached hydrogens (tertiary/aromatic N) is 3. The van der Waals surface area contributed by atoms with Crippen molar-refractivity contribution in [2.75, 3.05) is 47.0 Å². The normalized spacial score (nSPS) is 20.8. The fourth-order valence-electron chi connectivity index (χ4n) is 6.55. The molecule has 0 unspecified atom stereocenters. The first-order chi connectivity index (χ1) is 22.0. The van der Waals surface area contributed by atoms with Crippen LogP contribution in [-0.2, 0) is 40.3 Å². The Kier molecular flexibility index (Phi) is 9.97. The Labute approximate surface area is 264 Å². The van der Waals surface area contributed by atoms with Gasteiger partial charge in [-0.05, 0) is 73.9 Å². The second-order valence-electron chi connectivity index (χ2n) is 12.1. The van der Waals surface area contributed by atoms with Crippen molar-refractivity contribution < 1.29 is 28.5 Å². The molecule has 3 heterocycles. The number of carbonyl (C=O) groups excluding carboxylic acids is 2. The van der Waals surface area contributed by atoms with E-state index in [-0.39, 0.29) is 30.5 Å². The van der Waals surface area contributed by atoms with Crippen molar-refractivity contribution in [2.24, 2.45) is 0 Å². The number of methoxy groups -OCH3 is 2. The van der Waals surface area contributed by atoms with Gasteiger partial charge in [-0.1, -0.05) is 18.2 Å². The lowest BCUT2D eigenvalue weighted by atomic mass is 9.95. The fraction of sp³-hybridized carbons (Fsp3) is 0.500. The molecule has 2 atom stereocenters. The number of nitrogens with one attached hydrogen (secondary N) is 2. The van der Waals surface area contributed by atoms with E-state index in [1.807, 2.05) is 47.4 Å². The summed E-state index contributed by atoms with van der Waals surface area (Å²) in [6.07, 6.45) is 5.07. The third-order valence-corrected chi connectivity index (χ3v) is 8.86. The first-order valence-corrected chi connectivity index (χ1v) is 15.9. The Bertz CT molecular complexity index is 1490. The van der Waals surface area contributed by atoms with E-state index >= 15 is 0 Å². The number of piperidine rings is 1. The van der Waals surface area contributed by atoms with E-state index < -0.39 is 0 Å². The molecule has 0 radical (unpaired) electrons. The molecule has 1 fully saturated rings. The highest BCUT2D eigenvalue weighted by molar-refractivity contribution is 5.94. The summed E-state index contributed by atoms with van der Waals surface area (Å²) >= 11 is 0. The number of hydrogen-bond acceptors (Lipinski definition) is 8. The lowest BCUT2D eigenvalue weighted by Gasteiger charge is -2.39. The van der Waals surface area contributed by atoms with Crippen molar-refractivity contribution >= 4 is 11.8 Å². The monoisotopic (exact) mass is 617 g/mol. The van der Waals surface area contributed by atoms with Crippen LogP contribution in [0.2, 0.25) is 0 Å². The van der Waals surface area contributed by atoms with Crippen molar-refractivity contribution in [3.8, 4) is 17.2 Å². The largest absolute Gasteiger partial charge is 0.493 e. The summed E-state index contributed by atoms with van der Waals surface area (Å²) in [6.45, 7) is 3.22. The molecule has 2 aromatic carbocycles. The summed E-state index contributed by atoms with van der Waals surface area (Å²) < 4.78 is 23.6. The Morgan fingerprint density at radius 3 is 2.84 bits per heavy atom. The summed E-state index contributed by atoms with van der Waals surface area (Å²) in [6, 6.07) is 13.3. The maximum atomic E-state index is 13.7. The molecule has 1 saturated heterocycles. The quantitative estimate of drug-likeness (QED) is 0.401. The first-order valence-electron chi connectivity index (χ1n) is 15.9. The molecular formula is C34H43N5O6. The minimum absolute atomic E-state index is 0.0874. The van der Waals surface area contributed by atoms with Crippen molar-refractivity contribution in [1.29, 1.82) is 0 Å². The van der Waals surface area contributed by atoms with E-state index in [0.717, 1.165) is 54.5 Å². The highest BCUT2D eigenvalue weighted by Gasteiger charge is 2.36. The minimum atomic E-state index is -0.370. The molecule has 2 N–H and O–H groups in total. The zero-order valence-electron chi connectivity index (χ0n) is 26.2. The molecule has 2 amide bonds. The van der Waals surface area contributed by atoms with Gasteiger partial charge in [-0.25, -0.2) is 0 Å². The van der Waals surface area contributed by atoms with Gasteiger partial charge in [-0.2, -0.15) is 5.10 Å². The molecular weight excluding hydrogens is 574 g/mol. The van der Waals surface area contributed by atoms with Crippen LogP contribution in [0.25, 0.3) is 0 Å². The third kappa shape index (κ3) is 7.49. The topological polar surface area (TPSA) is 118 Å². The molecule has 3 aromatic rings. The molecule has 4 bridgehead atoms. The van der Waals surface area contributed by atoms with Gasteiger partial charge in [-0.3, -0.25) is 19.6 Å². The van der Waals surface area contributed by atoms with Crippen molar-refractivity contribution in [3.05, 3.63) is 70.5 Å². The van der Waals surface area contributed by atoms with Crippen LogP contribution in [0.1, 0.15) is 58.6 Å². The van der Waals surface area contributed by atoms with Gasteiger partial charge >= 0.3 is 0 Å². The number of aromatic nitrogens is 2. The smallest absolute Gasteiger partial charge is 0.274 e. The van der Waals surface area contributed by atoms with Gasteiger partial charge in [0.15, 0.2) is 17.2 Å². The lowest BCUT2D eigenvalue weighted by Crippen LogP contribution is -2.58. The molecule has 6 rings (SSSR count). The Morgan fingerprint density at radius 1 is 1.09 bits per heavy atom. The highest BCUT2D eigenvalue weighted by atomic mass is 16.5. The maximum absolute atomic E-state index is 13.7. The number of aromatic amines is 1. The zero-order valence-corrected chi connectivity index (χ0v) is 26.2. The average molecular weight is 618 g/mol. The summed E-state index contributed by atoms with van der Waals surface area (Å²) in [7, 11) is 3.30. The van der Waals surface area contributed by atoms with Gasteiger partial charge < -0.3 is 29.2 Å². The standard InChI is InChI=1S/C34H43N5O6/c1-42-16-6-14-38-19-23-11-12-30(43-2)31(18-23)45-25-8-5-7-24(17-25)22-44-29-13-15-39(20-28(29)35-32(40)21-38)34(41)33-26-9-3-4-10-27(26)36-37-33/h5,7-8,11-12,17-18,28-29H,3-4,6,9-10,13-16,19-22H2,1-2H3,(H,35,40)(H,36,37)/t28-,29+/m0/s1. The van der Waals surface area contributed by atoms with Gasteiger partial charge in [0.2, 0.25) is 5.91 Å². The molecule has 0 saturated carbocycles. The molecule has 1 aromatic heterocycles. The van der Waals surface area contributed by atoms with Crippen LogP contribution in [0.5, 0.6) is 17.2 Å². The lowest BCUT2D eigenvalue weighted by molar-refractivity contribution is -0.125. The number of hydrogen-bond donors (Lipinski definition) is 2. The molecule has 2 aliphatic heterocycles. The van der Waals surface area contributed by atoms with Gasteiger partial charge in [0.05, 0.1) is 32.4 Å². The predicted molar refractivity (Wildman–Crippen MR) is 168 cm³/mol. The minimum Gasteiger partial charge on any atom is -0.493 e. The number of benzene rings is 2. The molecule has 0 spiro atoms. The van der Waals surface area contributed by atoms with Crippen LogP contribution >= 0.6 is 0 Å². The van der Waals surface area contributed by atoms with Crippen molar-refractivity contribution in [1.82, 2.24) is 25.3 Å². The Morgan fingerprint density at radius 2 is 1.98 bits per heavy atom. The van der Waals surface area contributed by atoms with Gasteiger partial charge in [-0.15, -0.1) is 0 Å². The summed E-state index contributed by atoms with van der Waals surface area (Å²) in [5, 5.41) is 10.8. The van der Waals surface area contributed by atoms with E-state index in [0.29, 0.717) is 68.8 Å². The fourth-order valence-corrected chi connectivity index (χ4v) is 6.55. The van der Waals surface area contributed by atoms with Crippen LogP contribution in [0, 0.1) is 0 Å². The number of likely N-dealkylation sites (tertiary alicyclic amines) is 1. The Balaban J connectivity index is 1.26. The molecule has 1 aliphatic carbocycles. The molecule has 11 heteroatoms. The van der Waals surface area contributed by atoms with E-state index in [9.17, 15) is 9.59 Å². The third-order valence-electron chi connectivity index (χ3n) is 8.86. The van der Waals surface area contributed by atoms with E-state index in [1.54, 1.807) is 14.2 Å². The summed E-state index contributed by atoms with van der Waals surface area (Å²) in [4.78, 5) is 31.3. The van der Waals surface area contributed by atoms with Crippen LogP contribution in [-0.4, -0.2) is 91.0 Å². The van der Waals surface area contributed by atoms with E-state index in [2.05, 4.69) is 20.4 Å². The van der Waals surface area contributed by atoms with Crippen molar-refractivity contribution in [3.63, 3.8) is 0 Å². The number of H-pyrrole nitrogens is 1. The number of amides is 2. The second-order valence-corrected chi connectivity index (χ2v) is 12.1. The zero-order chi connectivity index (χ0) is 31.2. The van der Waals surface area contributed by atoms with Gasteiger partial charge in [0.1, 0.15) is 5.75 Å². The second kappa shape index (κ2) is 14.4. The maximum Gasteiger partial charge on any atom is 0.274 e.